The lowest BCUT2D eigenvalue weighted by Crippen LogP contribution is -2.09. The Morgan fingerprint density at radius 1 is 1.71 bits per heavy atom. The van der Waals surface area contributed by atoms with Crippen LogP contribution in [0.2, 0.25) is 0 Å². The Morgan fingerprint density at radius 3 is 3.00 bits per heavy atom. The highest BCUT2D eigenvalue weighted by molar-refractivity contribution is 9.10. The van der Waals surface area contributed by atoms with Crippen molar-refractivity contribution in [3.05, 3.63) is 16.4 Å². The van der Waals surface area contributed by atoms with Crippen molar-refractivity contribution < 1.29 is 4.74 Å². The Morgan fingerprint density at radius 2 is 2.43 bits per heavy atom. The quantitative estimate of drug-likeness (QED) is 0.830. The van der Waals surface area contributed by atoms with Crippen LogP contribution in [0.3, 0.4) is 0 Å². The van der Waals surface area contributed by atoms with E-state index in [-0.39, 0.29) is 6.23 Å². The summed E-state index contributed by atoms with van der Waals surface area (Å²) in [5, 5.41) is 4.54. The number of nitrogens with zero attached hydrogens (tertiary/aromatic N) is 2. The van der Waals surface area contributed by atoms with Gasteiger partial charge in [-0.3, -0.25) is 0 Å². The fourth-order valence-corrected chi connectivity index (χ4v) is 2.13. The van der Waals surface area contributed by atoms with Crippen LogP contribution >= 0.6 is 15.9 Å². The standard InChI is InChI=1S/C10H15BrN2O/c1-3-14-7(2)13-6-9(11)10(12-13)8-4-5-8/h6-8H,3-5H2,1-2H3. The van der Waals surface area contributed by atoms with Crippen molar-refractivity contribution in [3.8, 4) is 0 Å². The maximum absolute atomic E-state index is 5.48. The van der Waals surface area contributed by atoms with Crippen molar-refractivity contribution in [1.82, 2.24) is 9.78 Å². The third kappa shape index (κ3) is 2.01. The van der Waals surface area contributed by atoms with Gasteiger partial charge in [-0.25, -0.2) is 4.68 Å². The van der Waals surface area contributed by atoms with E-state index in [2.05, 4.69) is 21.0 Å². The number of hydrogen-bond acceptors (Lipinski definition) is 2. The zero-order valence-electron chi connectivity index (χ0n) is 8.53. The minimum Gasteiger partial charge on any atom is -0.357 e. The van der Waals surface area contributed by atoms with Crippen LogP contribution in [0.5, 0.6) is 0 Å². The van der Waals surface area contributed by atoms with Crippen molar-refractivity contribution in [3.63, 3.8) is 0 Å². The molecule has 1 fully saturated rings. The van der Waals surface area contributed by atoms with Crippen molar-refractivity contribution in [2.45, 2.75) is 38.8 Å². The van der Waals surface area contributed by atoms with Crippen LogP contribution in [0, 0.1) is 0 Å². The molecule has 78 valence electrons. The van der Waals surface area contributed by atoms with Crippen LogP contribution < -0.4 is 0 Å². The molecule has 1 aliphatic carbocycles. The number of hydrogen-bond donors (Lipinski definition) is 0. The first-order chi connectivity index (χ1) is 6.72. The van der Waals surface area contributed by atoms with Gasteiger partial charge in [-0.2, -0.15) is 5.10 Å². The van der Waals surface area contributed by atoms with Gasteiger partial charge in [0.15, 0.2) is 0 Å². The lowest BCUT2D eigenvalue weighted by atomic mass is 10.3. The summed E-state index contributed by atoms with van der Waals surface area (Å²) >= 11 is 3.54. The third-order valence-corrected chi connectivity index (χ3v) is 3.07. The molecule has 1 heterocycles. The second-order valence-electron chi connectivity index (χ2n) is 3.67. The van der Waals surface area contributed by atoms with Gasteiger partial charge in [0.2, 0.25) is 0 Å². The highest BCUT2D eigenvalue weighted by atomic mass is 79.9. The fourth-order valence-electron chi connectivity index (χ4n) is 1.52. The topological polar surface area (TPSA) is 27.1 Å². The molecule has 0 spiro atoms. The van der Waals surface area contributed by atoms with Gasteiger partial charge >= 0.3 is 0 Å². The van der Waals surface area contributed by atoms with Crippen molar-refractivity contribution >= 4 is 15.9 Å². The van der Waals surface area contributed by atoms with Gasteiger partial charge in [-0.15, -0.1) is 0 Å². The SMILES string of the molecule is CCOC(C)n1cc(Br)c(C2CC2)n1. The second-order valence-corrected chi connectivity index (χ2v) is 4.53. The van der Waals surface area contributed by atoms with Crippen LogP contribution in [0.1, 0.15) is 44.5 Å². The van der Waals surface area contributed by atoms with E-state index in [0.29, 0.717) is 5.92 Å². The van der Waals surface area contributed by atoms with Crippen molar-refractivity contribution in [2.24, 2.45) is 0 Å². The van der Waals surface area contributed by atoms with Crippen molar-refractivity contribution in [1.29, 1.82) is 0 Å². The van der Waals surface area contributed by atoms with E-state index in [0.717, 1.165) is 11.1 Å². The predicted molar refractivity (Wildman–Crippen MR) is 58.2 cm³/mol. The van der Waals surface area contributed by atoms with Gasteiger partial charge in [0.05, 0.1) is 10.2 Å². The maximum Gasteiger partial charge on any atom is 0.147 e. The summed E-state index contributed by atoms with van der Waals surface area (Å²) in [6.07, 6.45) is 4.59. The summed E-state index contributed by atoms with van der Waals surface area (Å²) in [4.78, 5) is 0. The van der Waals surface area contributed by atoms with Crippen LogP contribution in [0.15, 0.2) is 10.7 Å². The highest BCUT2D eigenvalue weighted by Gasteiger charge is 2.29. The molecular weight excluding hydrogens is 244 g/mol. The zero-order valence-corrected chi connectivity index (χ0v) is 10.1. The molecule has 0 N–H and O–H groups in total. The molecule has 0 aromatic carbocycles. The smallest absolute Gasteiger partial charge is 0.147 e. The Balaban J connectivity index is 2.14. The maximum atomic E-state index is 5.48. The largest absolute Gasteiger partial charge is 0.357 e. The normalized spacial score (nSPS) is 18.5. The molecule has 3 nitrogen and oxygen atoms in total. The molecule has 0 amide bonds. The molecule has 0 saturated heterocycles. The molecule has 1 aromatic rings. The van der Waals surface area contributed by atoms with Gasteiger partial charge in [0.1, 0.15) is 6.23 Å². The number of aromatic nitrogens is 2. The first kappa shape index (κ1) is 10.2. The molecule has 1 atom stereocenters. The van der Waals surface area contributed by atoms with E-state index in [1.54, 1.807) is 0 Å². The Labute approximate surface area is 92.6 Å². The molecule has 0 aliphatic heterocycles. The summed E-state index contributed by atoms with van der Waals surface area (Å²) in [7, 11) is 0. The van der Waals surface area contributed by atoms with E-state index in [4.69, 9.17) is 4.74 Å². The van der Waals surface area contributed by atoms with E-state index in [1.165, 1.54) is 18.5 Å². The molecule has 14 heavy (non-hydrogen) atoms. The summed E-state index contributed by atoms with van der Waals surface area (Å²) in [5.74, 6) is 0.680. The summed E-state index contributed by atoms with van der Waals surface area (Å²) < 4.78 is 8.48. The molecule has 0 bridgehead atoms. The minimum atomic E-state index is 0.0313. The van der Waals surface area contributed by atoms with Crippen LogP contribution in [0.25, 0.3) is 0 Å². The van der Waals surface area contributed by atoms with Gasteiger partial charge in [-0.1, -0.05) is 0 Å². The summed E-state index contributed by atoms with van der Waals surface area (Å²) in [6, 6.07) is 0. The van der Waals surface area contributed by atoms with Crippen molar-refractivity contribution in [2.75, 3.05) is 6.61 Å². The molecule has 4 heteroatoms. The predicted octanol–water partition coefficient (Wildman–Crippen LogP) is 3.08. The minimum absolute atomic E-state index is 0.0313. The van der Waals surface area contributed by atoms with E-state index >= 15 is 0 Å². The van der Waals surface area contributed by atoms with E-state index in [9.17, 15) is 0 Å². The Hall–Kier alpha value is -0.350. The van der Waals surface area contributed by atoms with Gasteiger partial charge in [0.25, 0.3) is 0 Å². The van der Waals surface area contributed by atoms with E-state index < -0.39 is 0 Å². The molecule has 1 aliphatic rings. The second kappa shape index (κ2) is 4.03. The molecule has 1 aromatic heterocycles. The molecular formula is C10H15BrN2O. The Kier molecular flexibility index (Phi) is 2.93. The van der Waals surface area contributed by atoms with Gasteiger partial charge in [0, 0.05) is 18.7 Å². The average Bonchev–Trinajstić information content (AvgIpc) is 2.91. The lowest BCUT2D eigenvalue weighted by Gasteiger charge is -2.11. The van der Waals surface area contributed by atoms with Crippen LogP contribution in [0.4, 0.5) is 0 Å². The number of halogens is 1. The molecule has 0 radical (unpaired) electrons. The third-order valence-electron chi connectivity index (χ3n) is 2.46. The molecule has 1 unspecified atom stereocenters. The van der Waals surface area contributed by atoms with E-state index in [1.807, 2.05) is 24.7 Å². The molecule has 2 rings (SSSR count). The summed E-state index contributed by atoms with van der Waals surface area (Å²) in [5.41, 5.74) is 1.19. The van der Waals surface area contributed by atoms with Gasteiger partial charge in [-0.05, 0) is 42.6 Å². The zero-order chi connectivity index (χ0) is 10.1. The fraction of sp³-hybridized carbons (Fsp3) is 0.700. The number of ether oxygens (including phenoxy) is 1. The van der Waals surface area contributed by atoms with Gasteiger partial charge < -0.3 is 4.74 Å². The first-order valence-electron chi connectivity index (χ1n) is 5.08. The monoisotopic (exact) mass is 258 g/mol. The summed E-state index contributed by atoms with van der Waals surface area (Å²) in [6.45, 7) is 4.73. The molecule has 1 saturated carbocycles. The lowest BCUT2D eigenvalue weighted by molar-refractivity contribution is 0.0156. The first-order valence-corrected chi connectivity index (χ1v) is 5.87. The Bertz CT molecular complexity index is 320. The average molecular weight is 259 g/mol. The number of rotatable bonds is 4. The van der Waals surface area contributed by atoms with Crippen LogP contribution in [-0.4, -0.2) is 16.4 Å². The van der Waals surface area contributed by atoms with Crippen LogP contribution in [-0.2, 0) is 4.74 Å². The highest BCUT2D eigenvalue weighted by Crippen LogP contribution is 2.42.